The maximum absolute atomic E-state index is 12.4. The van der Waals surface area contributed by atoms with E-state index in [1.165, 1.54) is 0 Å². The van der Waals surface area contributed by atoms with Crippen LogP contribution in [0.25, 0.3) is 5.65 Å². The standard InChI is InChI=1S/C18H19N3O2/c1-3-23-15-9-7-14(8-10-15)13(2)19-18(22)16-12-21-11-5-4-6-17(21)20-16/h4-13H,3H2,1-2H3,(H,19,22). The molecule has 1 amide bonds. The van der Waals surface area contributed by atoms with Crippen molar-refractivity contribution in [2.24, 2.45) is 0 Å². The van der Waals surface area contributed by atoms with E-state index < -0.39 is 0 Å². The van der Waals surface area contributed by atoms with Crippen molar-refractivity contribution in [1.82, 2.24) is 14.7 Å². The maximum atomic E-state index is 12.4. The van der Waals surface area contributed by atoms with Gasteiger partial charge < -0.3 is 14.5 Å². The topological polar surface area (TPSA) is 55.6 Å². The fraction of sp³-hybridized carbons (Fsp3) is 0.222. The summed E-state index contributed by atoms with van der Waals surface area (Å²) in [6.07, 6.45) is 3.60. The van der Waals surface area contributed by atoms with Crippen molar-refractivity contribution in [3.05, 3.63) is 66.1 Å². The molecule has 0 bridgehead atoms. The van der Waals surface area contributed by atoms with Gasteiger partial charge in [-0.25, -0.2) is 4.98 Å². The number of fused-ring (bicyclic) bond motifs is 1. The average molecular weight is 309 g/mol. The molecule has 5 heteroatoms. The zero-order chi connectivity index (χ0) is 16.2. The molecule has 0 aliphatic rings. The minimum atomic E-state index is -0.185. The van der Waals surface area contributed by atoms with Gasteiger partial charge in [0.15, 0.2) is 0 Å². The number of nitrogens with one attached hydrogen (secondary N) is 1. The Morgan fingerprint density at radius 2 is 2.04 bits per heavy atom. The molecule has 1 aromatic carbocycles. The zero-order valence-electron chi connectivity index (χ0n) is 13.2. The number of carbonyl (C=O) groups excluding carboxylic acids is 1. The summed E-state index contributed by atoms with van der Waals surface area (Å²) in [4.78, 5) is 16.7. The first-order valence-electron chi connectivity index (χ1n) is 7.64. The van der Waals surface area contributed by atoms with Crippen LogP contribution in [0.5, 0.6) is 5.75 Å². The molecule has 2 heterocycles. The molecule has 1 unspecified atom stereocenters. The summed E-state index contributed by atoms with van der Waals surface area (Å²) in [5, 5.41) is 2.97. The summed E-state index contributed by atoms with van der Waals surface area (Å²) in [7, 11) is 0. The highest BCUT2D eigenvalue weighted by atomic mass is 16.5. The van der Waals surface area contributed by atoms with Gasteiger partial charge in [-0.15, -0.1) is 0 Å². The van der Waals surface area contributed by atoms with E-state index in [1.54, 1.807) is 6.20 Å². The predicted octanol–water partition coefficient (Wildman–Crippen LogP) is 3.22. The molecule has 3 aromatic rings. The molecular formula is C18H19N3O2. The highest BCUT2D eigenvalue weighted by molar-refractivity contribution is 5.93. The second-order valence-electron chi connectivity index (χ2n) is 5.29. The SMILES string of the molecule is CCOc1ccc(C(C)NC(=O)c2cn3ccccc3n2)cc1. The van der Waals surface area contributed by atoms with E-state index in [0.29, 0.717) is 12.3 Å². The lowest BCUT2D eigenvalue weighted by atomic mass is 10.1. The molecule has 118 valence electrons. The normalized spacial score (nSPS) is 12.1. The third-order valence-electron chi connectivity index (χ3n) is 3.64. The number of benzene rings is 1. The Bertz CT molecular complexity index is 776. The molecule has 0 spiro atoms. The summed E-state index contributed by atoms with van der Waals surface area (Å²) in [5.74, 6) is 0.644. The molecule has 1 atom stereocenters. The van der Waals surface area contributed by atoms with Gasteiger partial charge in [-0.05, 0) is 43.7 Å². The summed E-state index contributed by atoms with van der Waals surface area (Å²) in [6.45, 7) is 4.54. The average Bonchev–Trinajstić information content (AvgIpc) is 3.00. The Morgan fingerprint density at radius 1 is 1.26 bits per heavy atom. The van der Waals surface area contributed by atoms with Gasteiger partial charge in [-0.3, -0.25) is 4.79 Å². The van der Waals surface area contributed by atoms with Crippen LogP contribution in [0, 0.1) is 0 Å². The number of pyridine rings is 1. The van der Waals surface area contributed by atoms with E-state index in [-0.39, 0.29) is 11.9 Å². The van der Waals surface area contributed by atoms with Crippen LogP contribution in [0.4, 0.5) is 0 Å². The number of imidazole rings is 1. The van der Waals surface area contributed by atoms with E-state index in [9.17, 15) is 4.79 Å². The minimum Gasteiger partial charge on any atom is -0.494 e. The fourth-order valence-corrected chi connectivity index (χ4v) is 2.42. The van der Waals surface area contributed by atoms with Gasteiger partial charge in [-0.1, -0.05) is 18.2 Å². The second-order valence-corrected chi connectivity index (χ2v) is 5.29. The van der Waals surface area contributed by atoms with Crippen LogP contribution in [0.15, 0.2) is 54.9 Å². The van der Waals surface area contributed by atoms with Crippen molar-refractivity contribution in [3.8, 4) is 5.75 Å². The molecule has 23 heavy (non-hydrogen) atoms. The molecule has 0 aliphatic carbocycles. The lowest BCUT2D eigenvalue weighted by molar-refractivity contribution is 0.0935. The molecule has 0 fully saturated rings. The molecule has 0 saturated carbocycles. The Morgan fingerprint density at radius 3 is 2.74 bits per heavy atom. The smallest absolute Gasteiger partial charge is 0.271 e. The summed E-state index contributed by atoms with van der Waals surface area (Å²) >= 11 is 0. The van der Waals surface area contributed by atoms with Gasteiger partial charge in [0.05, 0.1) is 12.6 Å². The lowest BCUT2D eigenvalue weighted by Gasteiger charge is -2.14. The van der Waals surface area contributed by atoms with Gasteiger partial charge in [0.1, 0.15) is 17.1 Å². The number of nitrogens with zero attached hydrogens (tertiary/aromatic N) is 2. The van der Waals surface area contributed by atoms with Crippen LogP contribution in [0.2, 0.25) is 0 Å². The van der Waals surface area contributed by atoms with Crippen molar-refractivity contribution >= 4 is 11.6 Å². The van der Waals surface area contributed by atoms with Gasteiger partial charge in [0.2, 0.25) is 0 Å². The zero-order valence-corrected chi connectivity index (χ0v) is 13.2. The van der Waals surface area contributed by atoms with Crippen LogP contribution < -0.4 is 10.1 Å². The first-order valence-corrected chi connectivity index (χ1v) is 7.64. The van der Waals surface area contributed by atoms with Gasteiger partial charge in [0, 0.05) is 12.4 Å². The summed E-state index contributed by atoms with van der Waals surface area (Å²) < 4.78 is 7.25. The monoisotopic (exact) mass is 309 g/mol. The van der Waals surface area contributed by atoms with Crippen LogP contribution in [-0.4, -0.2) is 21.9 Å². The van der Waals surface area contributed by atoms with Crippen molar-refractivity contribution in [3.63, 3.8) is 0 Å². The van der Waals surface area contributed by atoms with Crippen molar-refractivity contribution < 1.29 is 9.53 Å². The molecule has 2 aromatic heterocycles. The third-order valence-corrected chi connectivity index (χ3v) is 3.64. The molecule has 3 rings (SSSR count). The summed E-state index contributed by atoms with van der Waals surface area (Å²) in [5.41, 5.74) is 2.19. The van der Waals surface area contributed by atoms with Gasteiger partial charge in [-0.2, -0.15) is 0 Å². The molecule has 0 saturated heterocycles. The Hall–Kier alpha value is -2.82. The van der Waals surface area contributed by atoms with E-state index >= 15 is 0 Å². The number of amides is 1. The number of aromatic nitrogens is 2. The molecule has 0 aliphatic heterocycles. The van der Waals surface area contributed by atoms with Crippen LogP contribution in [-0.2, 0) is 0 Å². The second kappa shape index (κ2) is 6.52. The van der Waals surface area contributed by atoms with Crippen LogP contribution in [0.1, 0.15) is 35.9 Å². The Kier molecular flexibility index (Phi) is 4.28. The van der Waals surface area contributed by atoms with E-state index in [2.05, 4.69) is 10.3 Å². The van der Waals surface area contributed by atoms with Crippen LogP contribution in [0.3, 0.4) is 0 Å². The van der Waals surface area contributed by atoms with Crippen molar-refractivity contribution in [1.29, 1.82) is 0 Å². The predicted molar refractivity (Wildman–Crippen MR) is 88.7 cm³/mol. The highest BCUT2D eigenvalue weighted by Gasteiger charge is 2.14. The van der Waals surface area contributed by atoms with Gasteiger partial charge >= 0.3 is 0 Å². The molecular weight excluding hydrogens is 290 g/mol. The number of rotatable bonds is 5. The first kappa shape index (κ1) is 15.1. The fourth-order valence-electron chi connectivity index (χ4n) is 2.42. The summed E-state index contributed by atoms with van der Waals surface area (Å²) in [6, 6.07) is 13.3. The minimum absolute atomic E-state index is 0.108. The van der Waals surface area contributed by atoms with E-state index in [4.69, 9.17) is 4.74 Å². The van der Waals surface area contributed by atoms with E-state index in [0.717, 1.165) is 17.0 Å². The first-order chi connectivity index (χ1) is 11.2. The largest absolute Gasteiger partial charge is 0.494 e. The van der Waals surface area contributed by atoms with Crippen LogP contribution >= 0.6 is 0 Å². The molecule has 1 N–H and O–H groups in total. The number of hydrogen-bond donors (Lipinski definition) is 1. The quantitative estimate of drug-likeness (QED) is 0.787. The molecule has 0 radical (unpaired) electrons. The highest BCUT2D eigenvalue weighted by Crippen LogP contribution is 2.18. The number of hydrogen-bond acceptors (Lipinski definition) is 3. The lowest BCUT2D eigenvalue weighted by Crippen LogP contribution is -2.26. The van der Waals surface area contributed by atoms with Crippen molar-refractivity contribution in [2.45, 2.75) is 19.9 Å². The number of carbonyl (C=O) groups is 1. The Labute approximate surface area is 134 Å². The number of ether oxygens (including phenoxy) is 1. The van der Waals surface area contributed by atoms with E-state index in [1.807, 2.05) is 66.9 Å². The van der Waals surface area contributed by atoms with Crippen molar-refractivity contribution in [2.75, 3.05) is 6.61 Å². The maximum Gasteiger partial charge on any atom is 0.271 e. The molecule has 5 nitrogen and oxygen atoms in total. The van der Waals surface area contributed by atoms with Gasteiger partial charge in [0.25, 0.3) is 5.91 Å². The Balaban J connectivity index is 1.71. The third kappa shape index (κ3) is 3.34.